The molecular formula is C2H3NO5S. The monoisotopic (exact) mass is 153 g/mol. The van der Waals surface area contributed by atoms with Crippen molar-refractivity contribution in [3.63, 3.8) is 0 Å². The minimum absolute atomic E-state index is 1.24. The quantitative estimate of drug-likeness (QED) is 0.412. The van der Waals surface area contributed by atoms with Crippen molar-refractivity contribution in [2.24, 2.45) is 5.18 Å². The van der Waals surface area contributed by atoms with E-state index >= 15 is 0 Å². The summed E-state index contributed by atoms with van der Waals surface area (Å²) in [5.74, 6) is -2.64. The van der Waals surface area contributed by atoms with Crippen molar-refractivity contribution in [1.29, 1.82) is 0 Å². The molecular weight excluding hydrogens is 150 g/mol. The summed E-state index contributed by atoms with van der Waals surface area (Å²) in [4.78, 5) is 19.0. The standard InChI is InChI=1S/C2H3NO5S/c4-2(3-5)1-9(6,7)8/h1H2,(H,6,7,8). The molecule has 0 aromatic heterocycles. The minimum Gasteiger partial charge on any atom is -0.285 e. The largest absolute Gasteiger partial charge is 0.303 e. The van der Waals surface area contributed by atoms with E-state index in [0.29, 0.717) is 0 Å². The number of carbonyl (C=O) groups is 1. The van der Waals surface area contributed by atoms with Crippen molar-refractivity contribution < 1.29 is 17.8 Å². The van der Waals surface area contributed by atoms with Crippen molar-refractivity contribution in [2.45, 2.75) is 0 Å². The molecule has 0 bridgehead atoms. The van der Waals surface area contributed by atoms with Gasteiger partial charge in [0, 0.05) is 5.18 Å². The molecule has 0 rings (SSSR count). The Morgan fingerprint density at radius 3 is 2.11 bits per heavy atom. The molecule has 0 aromatic rings. The fraction of sp³-hybridized carbons (Fsp3) is 0.500. The topological polar surface area (TPSA) is 101 Å². The molecule has 6 nitrogen and oxygen atoms in total. The fourth-order valence-electron chi connectivity index (χ4n) is 0.182. The maximum Gasteiger partial charge on any atom is 0.303 e. The Kier molecular flexibility index (Phi) is 2.41. The molecule has 0 saturated heterocycles. The lowest BCUT2D eigenvalue weighted by atomic mass is 10.8. The molecule has 52 valence electrons. The van der Waals surface area contributed by atoms with E-state index in [1.165, 1.54) is 0 Å². The summed E-state index contributed by atoms with van der Waals surface area (Å²) in [6.45, 7) is 0. The van der Waals surface area contributed by atoms with Crippen LogP contribution in [0.5, 0.6) is 0 Å². The van der Waals surface area contributed by atoms with Crippen LogP contribution in [-0.4, -0.2) is 24.6 Å². The van der Waals surface area contributed by atoms with E-state index in [1.54, 1.807) is 5.18 Å². The first-order valence-electron chi connectivity index (χ1n) is 1.77. The Morgan fingerprint density at radius 2 is 2.00 bits per heavy atom. The summed E-state index contributed by atoms with van der Waals surface area (Å²) in [7, 11) is -4.38. The van der Waals surface area contributed by atoms with Crippen molar-refractivity contribution in [3.05, 3.63) is 4.91 Å². The van der Waals surface area contributed by atoms with E-state index < -0.39 is 21.8 Å². The van der Waals surface area contributed by atoms with Crippen LogP contribution in [0.25, 0.3) is 0 Å². The number of nitrogens with zero attached hydrogens (tertiary/aromatic N) is 1. The Labute approximate surface area is 50.6 Å². The molecule has 0 aliphatic carbocycles. The summed E-state index contributed by atoms with van der Waals surface area (Å²) in [5, 5.41) is 1.75. The predicted octanol–water partition coefficient (Wildman–Crippen LogP) is -0.833. The maximum atomic E-state index is 9.81. The van der Waals surface area contributed by atoms with Gasteiger partial charge in [-0.3, -0.25) is 9.35 Å². The second-order valence-electron chi connectivity index (χ2n) is 1.21. The molecule has 0 aromatic carbocycles. The van der Waals surface area contributed by atoms with E-state index in [2.05, 4.69) is 0 Å². The molecule has 0 aliphatic rings. The predicted molar refractivity (Wildman–Crippen MR) is 27.2 cm³/mol. The lowest BCUT2D eigenvalue weighted by Gasteiger charge is -1.84. The Hall–Kier alpha value is -0.820. The molecule has 1 N–H and O–H groups in total. The van der Waals surface area contributed by atoms with Gasteiger partial charge in [-0.2, -0.15) is 8.42 Å². The average molecular weight is 153 g/mol. The summed E-state index contributed by atoms with van der Waals surface area (Å²) in [5.41, 5.74) is 0. The van der Waals surface area contributed by atoms with E-state index in [1.807, 2.05) is 0 Å². The molecule has 1 amide bonds. The third kappa shape index (κ3) is 5.04. The van der Waals surface area contributed by atoms with Crippen LogP contribution in [-0.2, 0) is 14.9 Å². The molecule has 0 radical (unpaired) electrons. The van der Waals surface area contributed by atoms with Gasteiger partial charge < -0.3 is 0 Å². The zero-order valence-electron chi connectivity index (χ0n) is 4.14. The molecule has 9 heavy (non-hydrogen) atoms. The van der Waals surface area contributed by atoms with Crippen LogP contribution < -0.4 is 0 Å². The van der Waals surface area contributed by atoms with Gasteiger partial charge in [0.05, 0.1) is 0 Å². The zero-order valence-corrected chi connectivity index (χ0v) is 4.96. The molecule has 0 saturated carbocycles. The van der Waals surface area contributed by atoms with Gasteiger partial charge in [-0.05, 0) is 0 Å². The molecule has 0 fully saturated rings. The average Bonchev–Trinajstić information content (AvgIpc) is 1.62. The fourth-order valence-corrected chi connectivity index (χ4v) is 0.547. The molecule has 0 heterocycles. The second kappa shape index (κ2) is 2.65. The highest BCUT2D eigenvalue weighted by molar-refractivity contribution is 7.86. The highest BCUT2D eigenvalue weighted by Gasteiger charge is 2.11. The zero-order chi connectivity index (χ0) is 7.49. The lowest BCUT2D eigenvalue weighted by Crippen LogP contribution is -2.11. The van der Waals surface area contributed by atoms with Crippen LogP contribution >= 0.6 is 0 Å². The van der Waals surface area contributed by atoms with Gasteiger partial charge >= 0.3 is 5.91 Å². The van der Waals surface area contributed by atoms with E-state index in [4.69, 9.17) is 4.55 Å². The third-order valence-corrected chi connectivity index (χ3v) is 1.02. The normalized spacial score (nSPS) is 10.8. The molecule has 0 aliphatic heterocycles. The number of hydrogen-bond donors (Lipinski definition) is 1. The number of amides is 1. The van der Waals surface area contributed by atoms with Crippen LogP contribution in [0.3, 0.4) is 0 Å². The van der Waals surface area contributed by atoms with Gasteiger partial charge in [0.25, 0.3) is 10.1 Å². The number of rotatable bonds is 2. The van der Waals surface area contributed by atoms with Crippen LogP contribution in [0.4, 0.5) is 0 Å². The Balaban J connectivity index is 4.06. The molecule has 0 unspecified atom stereocenters. The SMILES string of the molecule is O=NC(=O)CS(=O)(=O)O. The summed E-state index contributed by atoms with van der Waals surface area (Å²) in [6, 6.07) is 0. The van der Waals surface area contributed by atoms with Crippen LogP contribution in [0.15, 0.2) is 5.18 Å². The van der Waals surface area contributed by atoms with Gasteiger partial charge in [0.1, 0.15) is 0 Å². The van der Waals surface area contributed by atoms with Crippen molar-refractivity contribution in [3.8, 4) is 0 Å². The first-order chi connectivity index (χ1) is 3.95. The summed E-state index contributed by atoms with van der Waals surface area (Å²) in [6.07, 6.45) is 0. The summed E-state index contributed by atoms with van der Waals surface area (Å²) >= 11 is 0. The van der Waals surface area contributed by atoms with Gasteiger partial charge in [0.15, 0.2) is 5.75 Å². The van der Waals surface area contributed by atoms with E-state index in [0.717, 1.165) is 0 Å². The molecule has 0 spiro atoms. The highest BCUT2D eigenvalue weighted by atomic mass is 32.2. The van der Waals surface area contributed by atoms with E-state index in [9.17, 15) is 18.1 Å². The third-order valence-electron chi connectivity index (χ3n) is 0.408. The minimum atomic E-state index is -4.38. The highest BCUT2D eigenvalue weighted by Crippen LogP contribution is 1.83. The van der Waals surface area contributed by atoms with E-state index in [-0.39, 0.29) is 0 Å². The number of hydrogen-bond acceptors (Lipinski definition) is 4. The number of nitroso groups, excluding NO2 is 1. The van der Waals surface area contributed by atoms with Crippen molar-refractivity contribution in [2.75, 3.05) is 5.75 Å². The van der Waals surface area contributed by atoms with Crippen LogP contribution in [0.2, 0.25) is 0 Å². The maximum absolute atomic E-state index is 9.81. The lowest BCUT2D eigenvalue weighted by molar-refractivity contribution is -0.115. The van der Waals surface area contributed by atoms with Crippen LogP contribution in [0, 0.1) is 4.91 Å². The van der Waals surface area contributed by atoms with Gasteiger partial charge in [-0.15, -0.1) is 4.91 Å². The Bertz CT molecular complexity index is 215. The summed E-state index contributed by atoms with van der Waals surface area (Å²) < 4.78 is 27.3. The first-order valence-corrected chi connectivity index (χ1v) is 3.38. The number of carbonyl (C=O) groups excluding carboxylic acids is 1. The molecule has 7 heteroatoms. The van der Waals surface area contributed by atoms with Gasteiger partial charge in [0.2, 0.25) is 0 Å². The van der Waals surface area contributed by atoms with Crippen molar-refractivity contribution >= 4 is 16.0 Å². The Morgan fingerprint density at radius 1 is 1.56 bits per heavy atom. The molecule has 0 atom stereocenters. The van der Waals surface area contributed by atoms with Crippen molar-refractivity contribution in [1.82, 2.24) is 0 Å². The second-order valence-corrected chi connectivity index (χ2v) is 2.66. The first kappa shape index (κ1) is 8.18. The van der Waals surface area contributed by atoms with Gasteiger partial charge in [-0.1, -0.05) is 0 Å². The smallest absolute Gasteiger partial charge is 0.285 e. The van der Waals surface area contributed by atoms with Gasteiger partial charge in [-0.25, -0.2) is 0 Å². The van der Waals surface area contributed by atoms with Crippen LogP contribution in [0.1, 0.15) is 0 Å².